The zero-order chi connectivity index (χ0) is 15.4. The minimum atomic E-state index is -0.308. The average Bonchev–Trinajstić information content (AvgIpc) is 2.87. The maximum Gasteiger partial charge on any atom is 0.275 e. The molecule has 0 atom stereocenters. The van der Waals surface area contributed by atoms with Crippen LogP contribution in [0.1, 0.15) is 31.2 Å². The van der Waals surface area contributed by atoms with Gasteiger partial charge in [0.25, 0.3) is 5.91 Å². The minimum Gasteiger partial charge on any atom is -0.489 e. The van der Waals surface area contributed by atoms with Gasteiger partial charge in [-0.05, 0) is 37.6 Å². The van der Waals surface area contributed by atoms with Crippen LogP contribution in [-0.4, -0.2) is 5.91 Å². The topological polar surface area (TPSA) is 88.1 Å². The Morgan fingerprint density at radius 3 is 2.86 bits per heavy atom. The van der Waals surface area contributed by atoms with Gasteiger partial charge in [0.2, 0.25) is 0 Å². The number of carbonyl (C=O) groups excluding carboxylic acids is 1. The average molecular weight is 301 g/mol. The molecule has 108 valence electrons. The number of aryl methyl sites for hydroxylation is 2. The highest BCUT2D eigenvalue weighted by atomic mass is 32.1. The number of nitrogen functional groups attached to an aromatic ring is 1. The molecule has 6 heteroatoms. The van der Waals surface area contributed by atoms with E-state index in [9.17, 15) is 4.79 Å². The van der Waals surface area contributed by atoms with Crippen molar-refractivity contribution in [1.29, 1.82) is 5.26 Å². The first kappa shape index (κ1) is 15.0. The van der Waals surface area contributed by atoms with E-state index < -0.39 is 0 Å². The number of nitriles is 1. The largest absolute Gasteiger partial charge is 0.489 e. The standard InChI is InChI=1S/C15H15N3O2S/c1-9-3-4-11(7-16)5-13(9)20-8-12-6-14(15(19)18-17)21-10(12)2/h3-6H,8,17H2,1-2H3,(H,18,19). The van der Waals surface area contributed by atoms with Crippen LogP contribution in [-0.2, 0) is 6.61 Å². The van der Waals surface area contributed by atoms with Gasteiger partial charge in [-0.15, -0.1) is 11.3 Å². The van der Waals surface area contributed by atoms with Crippen molar-refractivity contribution < 1.29 is 9.53 Å². The second kappa shape index (κ2) is 6.39. The third kappa shape index (κ3) is 3.40. The van der Waals surface area contributed by atoms with E-state index in [2.05, 4.69) is 11.5 Å². The number of nitrogens with two attached hydrogens (primary N) is 1. The molecule has 1 aromatic carbocycles. The lowest BCUT2D eigenvalue weighted by molar-refractivity contribution is 0.0957. The van der Waals surface area contributed by atoms with Crippen LogP contribution < -0.4 is 16.0 Å². The molecule has 0 saturated carbocycles. The van der Waals surface area contributed by atoms with Gasteiger partial charge in [-0.25, -0.2) is 5.84 Å². The molecular formula is C15H15N3O2S. The molecule has 0 unspecified atom stereocenters. The predicted octanol–water partition coefficient (Wildman–Crippen LogP) is 2.42. The van der Waals surface area contributed by atoms with Crippen LogP contribution in [0.2, 0.25) is 0 Å². The molecule has 0 bridgehead atoms. The molecule has 0 aliphatic heterocycles. The predicted molar refractivity (Wildman–Crippen MR) is 80.9 cm³/mol. The number of nitrogens with zero attached hydrogens (tertiary/aromatic N) is 1. The summed E-state index contributed by atoms with van der Waals surface area (Å²) in [6.07, 6.45) is 0. The van der Waals surface area contributed by atoms with Crippen molar-refractivity contribution >= 4 is 17.2 Å². The van der Waals surface area contributed by atoms with E-state index in [4.69, 9.17) is 15.8 Å². The summed E-state index contributed by atoms with van der Waals surface area (Å²) in [5.74, 6) is 5.49. The van der Waals surface area contributed by atoms with Gasteiger partial charge in [-0.3, -0.25) is 10.2 Å². The molecule has 1 aromatic heterocycles. The molecule has 0 spiro atoms. The Kier molecular flexibility index (Phi) is 4.58. The molecule has 5 nitrogen and oxygen atoms in total. The van der Waals surface area contributed by atoms with E-state index in [0.717, 1.165) is 16.0 Å². The fraction of sp³-hybridized carbons (Fsp3) is 0.200. The molecular weight excluding hydrogens is 286 g/mol. The second-order valence-corrected chi connectivity index (χ2v) is 5.80. The van der Waals surface area contributed by atoms with Crippen LogP contribution in [0.4, 0.5) is 0 Å². The Morgan fingerprint density at radius 1 is 1.43 bits per heavy atom. The van der Waals surface area contributed by atoms with Gasteiger partial charge < -0.3 is 4.74 Å². The van der Waals surface area contributed by atoms with Crippen molar-refractivity contribution in [2.75, 3.05) is 0 Å². The van der Waals surface area contributed by atoms with Crippen LogP contribution in [0.5, 0.6) is 5.75 Å². The quantitative estimate of drug-likeness (QED) is 0.515. The molecule has 3 N–H and O–H groups in total. The Hall–Kier alpha value is -2.36. The number of benzene rings is 1. The van der Waals surface area contributed by atoms with Gasteiger partial charge in [0, 0.05) is 10.4 Å². The fourth-order valence-corrected chi connectivity index (χ4v) is 2.76. The van der Waals surface area contributed by atoms with Crippen molar-refractivity contribution in [3.8, 4) is 11.8 Å². The first-order valence-corrected chi connectivity index (χ1v) is 7.10. The molecule has 1 amide bonds. The van der Waals surface area contributed by atoms with Gasteiger partial charge in [-0.2, -0.15) is 5.26 Å². The summed E-state index contributed by atoms with van der Waals surface area (Å²) in [6.45, 7) is 4.19. The third-order valence-corrected chi connectivity index (χ3v) is 4.17. The van der Waals surface area contributed by atoms with Crippen molar-refractivity contribution in [3.05, 3.63) is 50.7 Å². The molecule has 0 aliphatic carbocycles. The number of thiophene rings is 1. The fourth-order valence-electron chi connectivity index (χ4n) is 1.83. The SMILES string of the molecule is Cc1ccc(C#N)cc1OCc1cc(C(=O)NN)sc1C. The highest BCUT2D eigenvalue weighted by Gasteiger charge is 2.12. The maximum absolute atomic E-state index is 11.5. The van der Waals surface area contributed by atoms with Crippen LogP contribution in [0, 0.1) is 25.2 Å². The van der Waals surface area contributed by atoms with Crippen LogP contribution >= 0.6 is 11.3 Å². The number of amides is 1. The molecule has 0 aliphatic rings. The van der Waals surface area contributed by atoms with E-state index in [0.29, 0.717) is 22.8 Å². The number of rotatable bonds is 4. The van der Waals surface area contributed by atoms with Crippen molar-refractivity contribution in [1.82, 2.24) is 5.43 Å². The summed E-state index contributed by atoms with van der Waals surface area (Å²) in [5.41, 5.74) is 4.56. The summed E-state index contributed by atoms with van der Waals surface area (Å²) < 4.78 is 5.77. The number of hydrogen-bond acceptors (Lipinski definition) is 5. The van der Waals surface area contributed by atoms with Crippen molar-refractivity contribution in [2.24, 2.45) is 5.84 Å². The van der Waals surface area contributed by atoms with Crippen molar-refractivity contribution in [3.63, 3.8) is 0 Å². The second-order valence-electron chi connectivity index (χ2n) is 4.55. The molecule has 0 fully saturated rings. The Labute approximate surface area is 126 Å². The van der Waals surface area contributed by atoms with Crippen LogP contribution in [0.3, 0.4) is 0 Å². The molecule has 21 heavy (non-hydrogen) atoms. The number of carbonyl (C=O) groups is 1. The van der Waals surface area contributed by atoms with Crippen molar-refractivity contribution in [2.45, 2.75) is 20.5 Å². The number of ether oxygens (including phenoxy) is 1. The number of hydrogen-bond donors (Lipinski definition) is 2. The van der Waals surface area contributed by atoms with Gasteiger partial charge >= 0.3 is 0 Å². The summed E-state index contributed by atoms with van der Waals surface area (Å²) in [4.78, 5) is 13.0. The van der Waals surface area contributed by atoms with E-state index in [1.165, 1.54) is 11.3 Å². The van der Waals surface area contributed by atoms with Crippen LogP contribution in [0.15, 0.2) is 24.3 Å². The smallest absolute Gasteiger partial charge is 0.275 e. The van der Waals surface area contributed by atoms with Gasteiger partial charge in [-0.1, -0.05) is 6.07 Å². The zero-order valence-electron chi connectivity index (χ0n) is 11.8. The van der Waals surface area contributed by atoms with Gasteiger partial charge in [0.15, 0.2) is 0 Å². The summed E-state index contributed by atoms with van der Waals surface area (Å²) >= 11 is 1.37. The third-order valence-electron chi connectivity index (χ3n) is 3.08. The minimum absolute atomic E-state index is 0.308. The highest BCUT2D eigenvalue weighted by molar-refractivity contribution is 7.14. The van der Waals surface area contributed by atoms with Gasteiger partial charge in [0.1, 0.15) is 12.4 Å². The maximum atomic E-state index is 11.5. The van der Waals surface area contributed by atoms with E-state index in [1.807, 2.05) is 19.9 Å². The van der Waals surface area contributed by atoms with E-state index >= 15 is 0 Å². The molecule has 0 radical (unpaired) electrons. The Balaban J connectivity index is 2.15. The summed E-state index contributed by atoms with van der Waals surface area (Å²) in [7, 11) is 0. The zero-order valence-corrected chi connectivity index (χ0v) is 12.6. The lowest BCUT2D eigenvalue weighted by atomic mass is 10.1. The molecule has 2 rings (SSSR count). The monoisotopic (exact) mass is 301 g/mol. The molecule has 2 aromatic rings. The number of hydrazine groups is 1. The number of nitrogens with one attached hydrogen (secondary N) is 1. The normalized spacial score (nSPS) is 10.0. The lowest BCUT2D eigenvalue weighted by Gasteiger charge is -2.09. The van der Waals surface area contributed by atoms with Gasteiger partial charge in [0.05, 0.1) is 16.5 Å². The van der Waals surface area contributed by atoms with Crippen LogP contribution in [0.25, 0.3) is 0 Å². The first-order valence-electron chi connectivity index (χ1n) is 6.29. The first-order chi connectivity index (χ1) is 10.0. The summed E-state index contributed by atoms with van der Waals surface area (Å²) in [5, 5.41) is 8.91. The van der Waals surface area contributed by atoms with E-state index in [-0.39, 0.29) is 5.91 Å². The molecule has 0 saturated heterocycles. The van der Waals surface area contributed by atoms with E-state index in [1.54, 1.807) is 18.2 Å². The lowest BCUT2D eigenvalue weighted by Crippen LogP contribution is -2.29. The molecule has 1 heterocycles. The Morgan fingerprint density at radius 2 is 2.19 bits per heavy atom. The Bertz CT molecular complexity index is 716. The summed E-state index contributed by atoms with van der Waals surface area (Å²) in [6, 6.07) is 9.17. The highest BCUT2D eigenvalue weighted by Crippen LogP contribution is 2.25.